The molecule has 8 rings (SSSR count). The first-order chi connectivity index (χ1) is 22.0. The average Bonchev–Trinajstić information content (AvgIpc) is 3.19. The van der Waals surface area contributed by atoms with Crippen LogP contribution in [-0.4, -0.2) is 69.6 Å². The molecule has 8 aliphatic rings. The lowest BCUT2D eigenvalue weighted by Gasteiger charge is -2.51. The molecule has 0 radical (unpaired) electrons. The second-order valence-electron chi connectivity index (χ2n) is 18.1. The number of hydrogen-bond acceptors (Lipinski definition) is 11. The van der Waals surface area contributed by atoms with E-state index in [2.05, 4.69) is 0 Å². The van der Waals surface area contributed by atoms with Crippen LogP contribution < -0.4 is 0 Å². The van der Waals surface area contributed by atoms with E-state index in [9.17, 15) is 29.1 Å². The van der Waals surface area contributed by atoms with Crippen LogP contribution in [0.5, 0.6) is 0 Å². The maximum atomic E-state index is 13.1. The fourth-order valence-corrected chi connectivity index (χ4v) is 8.78. The number of fused-ring (bicyclic) bond motifs is 2. The molecule has 8 unspecified atom stereocenters. The lowest BCUT2D eigenvalue weighted by molar-refractivity contribution is -0.205. The second-order valence-corrected chi connectivity index (χ2v) is 18.1. The van der Waals surface area contributed by atoms with Gasteiger partial charge in [0.2, 0.25) is 0 Å². The second kappa shape index (κ2) is 12.0. The highest BCUT2D eigenvalue weighted by atomic mass is 16.6. The summed E-state index contributed by atoms with van der Waals surface area (Å²) in [4.78, 5) is 62.9. The Balaban J connectivity index is 0.000000194. The van der Waals surface area contributed by atoms with E-state index >= 15 is 0 Å². The molecule has 270 valence electrons. The number of aliphatic hydroxyl groups is 1. The number of rotatable bonds is 7. The molecule has 0 spiro atoms. The van der Waals surface area contributed by atoms with Gasteiger partial charge in [-0.1, -0.05) is 13.8 Å². The highest BCUT2D eigenvalue weighted by Gasteiger charge is 2.65. The summed E-state index contributed by atoms with van der Waals surface area (Å²) in [6.45, 7) is 16.8. The Kier molecular flexibility index (Phi) is 9.13. The Bertz CT molecular complexity index is 1340. The average molecular weight is 677 g/mol. The van der Waals surface area contributed by atoms with Crippen LogP contribution in [0.1, 0.15) is 139 Å². The standard InChI is InChI=1S/C21H32O6.C16H24O5/c1-7-19(5,6)16(23)27-21-9-13-8-20(12-21,17(24)26-18(2,3)4)10-14(11-21)25-15(13)22;1-4-14(2,3)13(18)21-16-6-10-5-15(19,9-16)7-11(8-16)20-12(10)17/h13-14H,7-12H2,1-6H3;10-11,19H,4-9H2,1-3H3. The summed E-state index contributed by atoms with van der Waals surface area (Å²) < 4.78 is 28.7. The van der Waals surface area contributed by atoms with Crippen molar-refractivity contribution in [2.45, 2.75) is 174 Å². The quantitative estimate of drug-likeness (QED) is 0.269. The zero-order chi connectivity index (χ0) is 35.7. The molecule has 11 nitrogen and oxygen atoms in total. The van der Waals surface area contributed by atoms with Crippen molar-refractivity contribution in [2.24, 2.45) is 28.1 Å². The van der Waals surface area contributed by atoms with E-state index in [1.54, 1.807) is 0 Å². The van der Waals surface area contributed by atoms with Crippen molar-refractivity contribution >= 4 is 29.8 Å². The van der Waals surface area contributed by atoms with Gasteiger partial charge in [-0.2, -0.15) is 0 Å². The van der Waals surface area contributed by atoms with Gasteiger partial charge in [-0.05, 0) is 74.1 Å². The highest BCUT2D eigenvalue weighted by molar-refractivity contribution is 5.83. The number of carbonyl (C=O) groups excluding carboxylic acids is 5. The van der Waals surface area contributed by atoms with E-state index in [0.717, 1.165) is 0 Å². The largest absolute Gasteiger partial charge is 0.462 e. The Morgan fingerprint density at radius 3 is 1.62 bits per heavy atom. The minimum Gasteiger partial charge on any atom is -0.462 e. The zero-order valence-electron chi connectivity index (χ0n) is 30.3. The van der Waals surface area contributed by atoms with Crippen LogP contribution in [0.15, 0.2) is 0 Å². The van der Waals surface area contributed by atoms with E-state index in [4.69, 9.17) is 23.7 Å². The van der Waals surface area contributed by atoms with E-state index < -0.39 is 50.7 Å². The number of esters is 5. The Morgan fingerprint density at radius 1 is 0.688 bits per heavy atom. The maximum Gasteiger partial charge on any atom is 0.312 e. The van der Waals surface area contributed by atoms with Crippen molar-refractivity contribution in [2.75, 3.05) is 0 Å². The van der Waals surface area contributed by atoms with E-state index in [0.29, 0.717) is 77.0 Å². The molecule has 0 aromatic rings. The fourth-order valence-electron chi connectivity index (χ4n) is 8.78. The van der Waals surface area contributed by atoms with E-state index in [1.807, 2.05) is 62.3 Å². The van der Waals surface area contributed by atoms with Gasteiger partial charge in [0.15, 0.2) is 0 Å². The van der Waals surface area contributed by atoms with Gasteiger partial charge in [-0.3, -0.25) is 24.0 Å². The molecule has 0 aromatic heterocycles. The third-order valence-corrected chi connectivity index (χ3v) is 11.8. The van der Waals surface area contributed by atoms with Crippen molar-refractivity contribution < 1.29 is 52.8 Å². The summed E-state index contributed by atoms with van der Waals surface area (Å²) in [6.07, 6.45) is 5.07. The SMILES string of the molecule is CCC(C)(C)C(=O)OC12CC3CC(C(=O)OC(C)(C)C)(CC(C1)C(=O)O3)C2.CCC(C)(C)C(=O)OC12CC3CC(O)(CC(C1)C(=O)O3)C2. The van der Waals surface area contributed by atoms with Crippen molar-refractivity contribution in [3.63, 3.8) is 0 Å². The van der Waals surface area contributed by atoms with Gasteiger partial charge >= 0.3 is 29.8 Å². The van der Waals surface area contributed by atoms with Crippen LogP contribution in [-0.2, 0) is 47.7 Å². The lowest BCUT2D eigenvalue weighted by atomic mass is 9.56. The van der Waals surface area contributed by atoms with Crippen molar-refractivity contribution in [3.05, 3.63) is 0 Å². The molecule has 0 amide bonds. The molecule has 8 bridgehead atoms. The summed E-state index contributed by atoms with van der Waals surface area (Å²) in [5, 5.41) is 10.7. The van der Waals surface area contributed by atoms with Crippen LogP contribution in [0.25, 0.3) is 0 Å². The Morgan fingerprint density at radius 2 is 1.15 bits per heavy atom. The molecule has 4 saturated carbocycles. The van der Waals surface area contributed by atoms with Gasteiger partial charge in [-0.25, -0.2) is 0 Å². The maximum absolute atomic E-state index is 13.1. The molecule has 4 aliphatic carbocycles. The molecular formula is C37H56O11. The molecule has 1 N–H and O–H groups in total. The highest BCUT2D eigenvalue weighted by Crippen LogP contribution is 2.59. The first kappa shape index (κ1) is 36.6. The minimum atomic E-state index is -0.936. The summed E-state index contributed by atoms with van der Waals surface area (Å²) in [6, 6.07) is 0. The molecule has 4 saturated heterocycles. The normalized spacial score (nSPS) is 38.1. The van der Waals surface area contributed by atoms with Gasteiger partial charge in [0, 0.05) is 51.4 Å². The van der Waals surface area contributed by atoms with Gasteiger partial charge < -0.3 is 28.8 Å². The molecule has 4 aliphatic heterocycles. The van der Waals surface area contributed by atoms with Gasteiger partial charge in [0.05, 0.1) is 33.7 Å². The molecule has 4 heterocycles. The molecule has 8 atom stereocenters. The first-order valence-corrected chi connectivity index (χ1v) is 17.8. The topological polar surface area (TPSA) is 152 Å². The Hall–Kier alpha value is -2.69. The lowest BCUT2D eigenvalue weighted by Crippen LogP contribution is -2.57. The summed E-state index contributed by atoms with van der Waals surface area (Å²) in [7, 11) is 0. The molecular weight excluding hydrogens is 620 g/mol. The fraction of sp³-hybridized carbons (Fsp3) is 0.865. The molecule has 8 fully saturated rings. The van der Waals surface area contributed by atoms with Crippen LogP contribution in [0.3, 0.4) is 0 Å². The third kappa shape index (κ3) is 7.13. The molecule has 0 aromatic carbocycles. The summed E-state index contributed by atoms with van der Waals surface area (Å²) in [5.74, 6) is -2.15. The molecule has 11 heteroatoms. The van der Waals surface area contributed by atoms with Gasteiger partial charge in [-0.15, -0.1) is 0 Å². The monoisotopic (exact) mass is 676 g/mol. The predicted octanol–water partition coefficient (Wildman–Crippen LogP) is 5.51. The first-order valence-electron chi connectivity index (χ1n) is 17.8. The number of carbonyl (C=O) groups is 5. The third-order valence-electron chi connectivity index (χ3n) is 11.8. The van der Waals surface area contributed by atoms with Crippen LogP contribution >= 0.6 is 0 Å². The molecule has 48 heavy (non-hydrogen) atoms. The van der Waals surface area contributed by atoms with E-state index in [-0.39, 0.29) is 41.9 Å². The van der Waals surface area contributed by atoms with Crippen molar-refractivity contribution in [1.82, 2.24) is 0 Å². The van der Waals surface area contributed by atoms with Crippen molar-refractivity contribution in [1.29, 1.82) is 0 Å². The Labute approximate surface area is 284 Å². The predicted molar refractivity (Wildman–Crippen MR) is 172 cm³/mol. The zero-order valence-corrected chi connectivity index (χ0v) is 30.3. The number of hydrogen-bond donors (Lipinski definition) is 1. The van der Waals surface area contributed by atoms with Crippen LogP contribution in [0.4, 0.5) is 0 Å². The van der Waals surface area contributed by atoms with E-state index in [1.165, 1.54) is 0 Å². The summed E-state index contributed by atoms with van der Waals surface area (Å²) >= 11 is 0. The summed E-state index contributed by atoms with van der Waals surface area (Å²) in [5.41, 5.74) is -5.12. The van der Waals surface area contributed by atoms with Gasteiger partial charge in [0.1, 0.15) is 29.0 Å². The minimum absolute atomic E-state index is 0.247. The number of ether oxygens (including phenoxy) is 5. The van der Waals surface area contributed by atoms with Crippen molar-refractivity contribution in [3.8, 4) is 0 Å². The van der Waals surface area contributed by atoms with Gasteiger partial charge in [0.25, 0.3) is 0 Å². The van der Waals surface area contributed by atoms with Crippen LogP contribution in [0, 0.1) is 28.1 Å². The smallest absolute Gasteiger partial charge is 0.312 e. The van der Waals surface area contributed by atoms with Crippen LogP contribution in [0.2, 0.25) is 0 Å².